The van der Waals surface area contributed by atoms with Gasteiger partial charge in [0.05, 0.1) is 6.04 Å². The normalized spacial score (nSPS) is 17.3. The molecular formula is C22H29FIN3O. The van der Waals surface area contributed by atoms with Gasteiger partial charge in [-0.2, -0.15) is 0 Å². The number of ether oxygens (including phenoxy) is 1. The van der Waals surface area contributed by atoms with Crippen LogP contribution in [0.25, 0.3) is 0 Å². The molecule has 0 saturated carbocycles. The fourth-order valence-corrected chi connectivity index (χ4v) is 3.63. The van der Waals surface area contributed by atoms with E-state index in [1.54, 1.807) is 19.2 Å². The molecule has 1 unspecified atom stereocenters. The molecule has 0 amide bonds. The third-order valence-corrected chi connectivity index (χ3v) is 5.36. The Morgan fingerprint density at radius 3 is 2.50 bits per heavy atom. The summed E-state index contributed by atoms with van der Waals surface area (Å²) >= 11 is 0. The summed E-state index contributed by atoms with van der Waals surface area (Å²) in [7, 11) is 1.77. The van der Waals surface area contributed by atoms with Crippen molar-refractivity contribution in [2.45, 2.75) is 31.2 Å². The molecule has 28 heavy (non-hydrogen) atoms. The van der Waals surface area contributed by atoms with Crippen molar-refractivity contribution in [2.75, 3.05) is 26.8 Å². The van der Waals surface area contributed by atoms with Crippen LogP contribution in [0.15, 0.2) is 59.6 Å². The highest BCUT2D eigenvalue weighted by Gasteiger charge is 2.35. The molecule has 0 bridgehead atoms. The summed E-state index contributed by atoms with van der Waals surface area (Å²) in [6.07, 6.45) is 1.71. The van der Waals surface area contributed by atoms with E-state index in [0.717, 1.165) is 24.4 Å². The minimum absolute atomic E-state index is 0. The Kier molecular flexibility index (Phi) is 8.69. The van der Waals surface area contributed by atoms with E-state index in [1.807, 2.05) is 24.3 Å². The Bertz CT molecular complexity index is 763. The molecule has 152 valence electrons. The number of aliphatic imine (C=N–C) groups is 1. The van der Waals surface area contributed by atoms with Gasteiger partial charge in [0.25, 0.3) is 0 Å². The van der Waals surface area contributed by atoms with E-state index in [9.17, 15) is 4.39 Å². The average molecular weight is 497 g/mol. The molecule has 0 aromatic heterocycles. The van der Waals surface area contributed by atoms with Crippen molar-refractivity contribution >= 4 is 29.9 Å². The first-order valence-electron chi connectivity index (χ1n) is 9.49. The monoisotopic (exact) mass is 497 g/mol. The molecule has 1 fully saturated rings. The molecule has 6 heteroatoms. The van der Waals surface area contributed by atoms with Crippen molar-refractivity contribution in [1.29, 1.82) is 0 Å². The maximum absolute atomic E-state index is 13.8. The van der Waals surface area contributed by atoms with Gasteiger partial charge in [-0.3, -0.25) is 4.99 Å². The third-order valence-electron chi connectivity index (χ3n) is 5.36. The molecule has 2 aromatic carbocycles. The van der Waals surface area contributed by atoms with E-state index >= 15 is 0 Å². The molecule has 1 aliphatic heterocycles. The van der Waals surface area contributed by atoms with Gasteiger partial charge in [0, 0.05) is 32.2 Å². The molecule has 1 saturated heterocycles. The van der Waals surface area contributed by atoms with Gasteiger partial charge in [0.15, 0.2) is 5.96 Å². The number of guanidine groups is 1. The largest absolute Gasteiger partial charge is 0.381 e. The van der Waals surface area contributed by atoms with Crippen LogP contribution in [0.4, 0.5) is 4.39 Å². The molecule has 2 aromatic rings. The second-order valence-electron chi connectivity index (χ2n) is 7.11. The second kappa shape index (κ2) is 10.8. The van der Waals surface area contributed by atoms with Gasteiger partial charge in [0.2, 0.25) is 0 Å². The Morgan fingerprint density at radius 1 is 1.14 bits per heavy atom. The zero-order valence-electron chi connectivity index (χ0n) is 16.5. The van der Waals surface area contributed by atoms with Crippen LogP contribution in [0.3, 0.4) is 0 Å². The maximum Gasteiger partial charge on any atom is 0.191 e. The number of nitrogens with zero attached hydrogens (tertiary/aromatic N) is 1. The fraction of sp³-hybridized carbons (Fsp3) is 0.409. The number of hydrogen-bond acceptors (Lipinski definition) is 2. The summed E-state index contributed by atoms with van der Waals surface area (Å²) in [6, 6.07) is 17.3. The maximum atomic E-state index is 13.8. The molecule has 1 heterocycles. The zero-order valence-corrected chi connectivity index (χ0v) is 18.8. The van der Waals surface area contributed by atoms with Gasteiger partial charge < -0.3 is 15.4 Å². The predicted octanol–water partition coefficient (Wildman–Crippen LogP) is 4.42. The smallest absolute Gasteiger partial charge is 0.191 e. The fourth-order valence-electron chi connectivity index (χ4n) is 3.63. The molecule has 1 atom stereocenters. The lowest BCUT2D eigenvalue weighted by Crippen LogP contribution is -2.48. The number of halogens is 2. The Balaban J connectivity index is 0.00000280. The number of nitrogens with one attached hydrogen (secondary N) is 2. The first-order valence-corrected chi connectivity index (χ1v) is 9.49. The summed E-state index contributed by atoms with van der Waals surface area (Å²) < 4.78 is 19.4. The SMILES string of the molecule is CN=C(NCC1(c2cccc(F)c2)CCOCC1)NC(C)c1ccccc1.I. The first-order chi connectivity index (χ1) is 13.1. The van der Waals surface area contributed by atoms with Crippen LogP contribution >= 0.6 is 24.0 Å². The highest BCUT2D eigenvalue weighted by Crippen LogP contribution is 2.34. The van der Waals surface area contributed by atoms with Gasteiger partial charge in [-0.25, -0.2) is 4.39 Å². The Morgan fingerprint density at radius 2 is 1.86 bits per heavy atom. The van der Waals surface area contributed by atoms with E-state index in [4.69, 9.17) is 4.74 Å². The number of rotatable bonds is 5. The first kappa shape index (κ1) is 22.6. The van der Waals surface area contributed by atoms with Gasteiger partial charge in [0.1, 0.15) is 5.82 Å². The van der Waals surface area contributed by atoms with E-state index in [1.165, 1.54) is 11.6 Å². The lowest BCUT2D eigenvalue weighted by molar-refractivity contribution is 0.0512. The Hall–Kier alpha value is -1.67. The molecule has 0 spiro atoms. The second-order valence-corrected chi connectivity index (χ2v) is 7.11. The highest BCUT2D eigenvalue weighted by atomic mass is 127. The molecule has 1 aliphatic rings. The minimum Gasteiger partial charge on any atom is -0.381 e. The molecule has 2 N–H and O–H groups in total. The number of benzene rings is 2. The van der Waals surface area contributed by atoms with Crippen LogP contribution in [-0.2, 0) is 10.2 Å². The zero-order chi connectivity index (χ0) is 19.1. The Labute approximate surface area is 184 Å². The minimum atomic E-state index is -0.196. The lowest BCUT2D eigenvalue weighted by Gasteiger charge is -2.38. The predicted molar refractivity (Wildman–Crippen MR) is 123 cm³/mol. The van der Waals surface area contributed by atoms with Gasteiger partial charge in [-0.15, -0.1) is 24.0 Å². The van der Waals surface area contributed by atoms with Gasteiger partial charge in [-0.1, -0.05) is 42.5 Å². The topological polar surface area (TPSA) is 45.7 Å². The van der Waals surface area contributed by atoms with Crippen molar-refractivity contribution in [3.63, 3.8) is 0 Å². The van der Waals surface area contributed by atoms with Gasteiger partial charge >= 0.3 is 0 Å². The van der Waals surface area contributed by atoms with Crippen molar-refractivity contribution in [1.82, 2.24) is 10.6 Å². The number of hydrogen-bond donors (Lipinski definition) is 2. The van der Waals surface area contributed by atoms with Crippen LogP contribution in [0.5, 0.6) is 0 Å². The van der Waals surface area contributed by atoms with Crippen molar-refractivity contribution in [2.24, 2.45) is 4.99 Å². The summed E-state index contributed by atoms with van der Waals surface area (Å²) in [4.78, 5) is 4.37. The van der Waals surface area contributed by atoms with Crippen LogP contribution < -0.4 is 10.6 Å². The molecule has 0 radical (unpaired) electrons. The average Bonchev–Trinajstić information content (AvgIpc) is 2.72. The van der Waals surface area contributed by atoms with Crippen molar-refractivity contribution in [3.05, 3.63) is 71.5 Å². The molecule has 4 nitrogen and oxygen atoms in total. The summed E-state index contributed by atoms with van der Waals surface area (Å²) in [6.45, 7) is 4.16. The van der Waals surface area contributed by atoms with Crippen molar-refractivity contribution < 1.29 is 9.13 Å². The lowest BCUT2D eigenvalue weighted by atomic mass is 9.74. The van der Waals surface area contributed by atoms with E-state index in [-0.39, 0.29) is 41.3 Å². The molecule has 0 aliphatic carbocycles. The van der Waals surface area contributed by atoms with E-state index < -0.39 is 0 Å². The van der Waals surface area contributed by atoms with Crippen LogP contribution in [-0.4, -0.2) is 32.8 Å². The third kappa shape index (κ3) is 5.67. The van der Waals surface area contributed by atoms with Crippen LogP contribution in [0.2, 0.25) is 0 Å². The highest BCUT2D eigenvalue weighted by molar-refractivity contribution is 14.0. The molecular weight excluding hydrogens is 468 g/mol. The van der Waals surface area contributed by atoms with E-state index in [0.29, 0.717) is 19.8 Å². The summed E-state index contributed by atoms with van der Waals surface area (Å²) in [5.74, 6) is 0.548. The standard InChI is InChI=1S/C22H28FN3O.HI/c1-17(18-7-4-3-5-8-18)26-21(24-2)25-16-22(11-13-27-14-12-22)19-9-6-10-20(23)15-19;/h3-10,15,17H,11-14,16H2,1-2H3,(H2,24,25,26);1H. The van der Waals surface area contributed by atoms with Gasteiger partial charge in [-0.05, 0) is 43.0 Å². The van der Waals surface area contributed by atoms with Crippen molar-refractivity contribution in [3.8, 4) is 0 Å². The summed E-state index contributed by atoms with van der Waals surface area (Å²) in [5, 5.41) is 6.90. The summed E-state index contributed by atoms with van der Waals surface area (Å²) in [5.41, 5.74) is 2.06. The van der Waals surface area contributed by atoms with Crippen LogP contribution in [0.1, 0.15) is 36.9 Å². The molecule has 3 rings (SSSR count). The van der Waals surface area contributed by atoms with E-state index in [2.05, 4.69) is 34.7 Å². The van der Waals surface area contributed by atoms with Crippen LogP contribution in [0, 0.1) is 5.82 Å². The quantitative estimate of drug-likeness (QED) is 0.366.